The molecular formula is C36H37N2O2+. The minimum absolute atomic E-state index is 0.0939. The predicted octanol–water partition coefficient (Wildman–Crippen LogP) is 7.50. The summed E-state index contributed by atoms with van der Waals surface area (Å²) in [5.41, 5.74) is 4.61. The van der Waals surface area contributed by atoms with Gasteiger partial charge in [0.15, 0.2) is 0 Å². The van der Waals surface area contributed by atoms with Gasteiger partial charge in [-0.15, -0.1) is 6.58 Å². The predicted molar refractivity (Wildman–Crippen MR) is 163 cm³/mol. The first kappa shape index (κ1) is 25.3. The third-order valence-corrected chi connectivity index (χ3v) is 10.1. The summed E-state index contributed by atoms with van der Waals surface area (Å²) in [4.78, 5) is 4.59. The third kappa shape index (κ3) is 3.85. The quantitative estimate of drug-likeness (QED) is 0.141. The Morgan fingerprint density at radius 3 is 2.48 bits per heavy atom. The minimum atomic E-state index is -0.599. The van der Waals surface area contributed by atoms with Crippen molar-refractivity contribution in [2.45, 2.75) is 38.5 Å². The van der Waals surface area contributed by atoms with Crippen LogP contribution in [0.1, 0.15) is 35.6 Å². The zero-order valence-electron chi connectivity index (χ0n) is 23.4. The molecule has 5 aromatic rings. The van der Waals surface area contributed by atoms with E-state index in [1.807, 2.05) is 30.5 Å². The first-order valence-electron chi connectivity index (χ1n) is 14.5. The molecule has 202 valence electrons. The van der Waals surface area contributed by atoms with Crippen LogP contribution in [0.25, 0.3) is 32.4 Å². The van der Waals surface area contributed by atoms with Gasteiger partial charge in [0.1, 0.15) is 24.4 Å². The van der Waals surface area contributed by atoms with Gasteiger partial charge in [-0.1, -0.05) is 54.6 Å². The summed E-state index contributed by atoms with van der Waals surface area (Å²) >= 11 is 0. The molecular weight excluding hydrogens is 492 g/mol. The van der Waals surface area contributed by atoms with Gasteiger partial charge in [-0.3, -0.25) is 4.98 Å². The molecule has 4 nitrogen and oxygen atoms in total. The molecule has 8 rings (SSSR count). The second-order valence-electron chi connectivity index (χ2n) is 12.0. The van der Waals surface area contributed by atoms with Crippen molar-refractivity contribution in [2.24, 2.45) is 11.8 Å². The Hall–Kier alpha value is -3.73. The fourth-order valence-electron chi connectivity index (χ4n) is 8.03. The topological polar surface area (TPSA) is 42.4 Å². The molecule has 5 atom stereocenters. The molecule has 1 aromatic heterocycles. The molecule has 0 spiro atoms. The molecule has 5 unspecified atom stereocenters. The van der Waals surface area contributed by atoms with Crippen molar-refractivity contribution in [1.82, 2.24) is 4.98 Å². The lowest BCUT2D eigenvalue weighted by Crippen LogP contribution is -2.67. The molecule has 4 aromatic carbocycles. The number of pyridine rings is 1. The summed E-state index contributed by atoms with van der Waals surface area (Å²) in [7, 11) is 1.69. The zero-order chi connectivity index (χ0) is 27.4. The lowest BCUT2D eigenvalue weighted by Gasteiger charge is -2.58. The number of quaternary nitrogens is 1. The summed E-state index contributed by atoms with van der Waals surface area (Å²) in [6.45, 7) is 9.53. The number of hydrogen-bond acceptors (Lipinski definition) is 3. The Balaban J connectivity index is 1.39. The molecule has 0 aliphatic carbocycles. The third-order valence-electron chi connectivity index (χ3n) is 10.1. The van der Waals surface area contributed by atoms with Crippen LogP contribution in [0, 0.1) is 18.8 Å². The van der Waals surface area contributed by atoms with Gasteiger partial charge in [0, 0.05) is 35.9 Å². The number of aromatic nitrogens is 1. The monoisotopic (exact) mass is 529 g/mol. The summed E-state index contributed by atoms with van der Waals surface area (Å²) in [6.07, 6.45) is 5.59. The van der Waals surface area contributed by atoms with E-state index < -0.39 is 6.10 Å². The maximum atomic E-state index is 12.3. The number of aryl methyl sites for hydroxylation is 1. The van der Waals surface area contributed by atoms with E-state index in [4.69, 9.17) is 4.74 Å². The van der Waals surface area contributed by atoms with Crippen molar-refractivity contribution in [1.29, 1.82) is 0 Å². The number of ether oxygens (including phenoxy) is 1. The number of nitrogens with zero attached hydrogens (tertiary/aromatic N) is 2. The van der Waals surface area contributed by atoms with E-state index in [1.165, 1.54) is 39.1 Å². The van der Waals surface area contributed by atoms with Crippen LogP contribution in [0.15, 0.2) is 91.6 Å². The van der Waals surface area contributed by atoms with Crippen LogP contribution < -0.4 is 4.74 Å². The van der Waals surface area contributed by atoms with E-state index in [2.05, 4.69) is 73.1 Å². The largest absolute Gasteiger partial charge is 0.497 e. The number of fused-ring (bicyclic) bond motifs is 7. The van der Waals surface area contributed by atoms with E-state index in [0.29, 0.717) is 11.8 Å². The van der Waals surface area contributed by atoms with E-state index in [9.17, 15) is 5.11 Å². The van der Waals surface area contributed by atoms with Crippen LogP contribution in [-0.4, -0.2) is 40.8 Å². The fourth-order valence-corrected chi connectivity index (χ4v) is 8.03. The molecule has 4 heteroatoms. The Bertz CT molecular complexity index is 1760. The summed E-state index contributed by atoms with van der Waals surface area (Å²) in [5, 5.41) is 18.5. The minimum Gasteiger partial charge on any atom is -0.497 e. The Labute approximate surface area is 236 Å². The lowest BCUT2D eigenvalue weighted by atomic mass is 9.71. The number of hydrogen-bond donors (Lipinski definition) is 1. The standard InChI is InChI=1S/C36H37N2O2/c1-4-24-21-38(22-33-23(2)27-9-5-6-10-28(27)29-11-7-8-12-30(29)33)18-16-25(24)19-35(38)36(39)31-15-17-37-34-14-13-26(40-3)20-32(31)34/h4-15,17,20,24-25,35-36,39H,1,16,18-19,21-22H2,2-3H3/q+1. The van der Waals surface area contributed by atoms with Crippen molar-refractivity contribution < 1.29 is 14.3 Å². The molecule has 40 heavy (non-hydrogen) atoms. The van der Waals surface area contributed by atoms with Crippen molar-refractivity contribution in [3.8, 4) is 5.75 Å². The van der Waals surface area contributed by atoms with Crippen LogP contribution in [0.3, 0.4) is 0 Å². The zero-order valence-corrected chi connectivity index (χ0v) is 23.4. The van der Waals surface area contributed by atoms with Gasteiger partial charge < -0.3 is 14.3 Å². The second-order valence-corrected chi connectivity index (χ2v) is 12.0. The molecule has 3 aliphatic rings. The van der Waals surface area contributed by atoms with Crippen LogP contribution in [-0.2, 0) is 6.54 Å². The fraction of sp³-hybridized carbons (Fsp3) is 0.306. The van der Waals surface area contributed by atoms with Gasteiger partial charge in [-0.25, -0.2) is 0 Å². The smallest absolute Gasteiger partial charge is 0.131 e. The molecule has 3 fully saturated rings. The van der Waals surface area contributed by atoms with Crippen LogP contribution in [0.4, 0.5) is 0 Å². The maximum absolute atomic E-state index is 12.3. The number of benzene rings is 4. The highest BCUT2D eigenvalue weighted by Gasteiger charge is 2.54. The van der Waals surface area contributed by atoms with Crippen molar-refractivity contribution >= 4 is 32.4 Å². The van der Waals surface area contributed by atoms with E-state index in [0.717, 1.165) is 52.8 Å². The highest BCUT2D eigenvalue weighted by atomic mass is 16.5. The maximum Gasteiger partial charge on any atom is 0.131 e. The molecule has 2 bridgehead atoms. The number of rotatable bonds is 6. The second kappa shape index (κ2) is 9.72. The molecule has 0 amide bonds. The molecule has 3 aliphatic heterocycles. The molecule has 4 heterocycles. The van der Waals surface area contributed by atoms with Crippen molar-refractivity contribution in [3.05, 3.63) is 108 Å². The Kier molecular flexibility index (Phi) is 6.14. The summed E-state index contributed by atoms with van der Waals surface area (Å²) < 4.78 is 6.42. The highest BCUT2D eigenvalue weighted by molar-refractivity contribution is 6.10. The van der Waals surface area contributed by atoms with E-state index in [1.54, 1.807) is 7.11 Å². The molecule has 0 radical (unpaired) electrons. The summed E-state index contributed by atoms with van der Waals surface area (Å²) in [5.74, 6) is 1.82. The van der Waals surface area contributed by atoms with Crippen molar-refractivity contribution in [3.63, 3.8) is 0 Å². The average molecular weight is 530 g/mol. The van der Waals surface area contributed by atoms with Crippen LogP contribution >= 0.6 is 0 Å². The lowest BCUT2D eigenvalue weighted by molar-refractivity contribution is -0.984. The first-order valence-corrected chi connectivity index (χ1v) is 14.5. The molecule has 0 saturated carbocycles. The molecule has 3 saturated heterocycles. The van der Waals surface area contributed by atoms with Gasteiger partial charge >= 0.3 is 0 Å². The van der Waals surface area contributed by atoms with Gasteiger partial charge in [-0.2, -0.15) is 0 Å². The SMILES string of the molecule is C=CC1C[N+]2(Cc3c(C)c4ccccc4c4ccccc34)CCC1CC2C(O)c1ccnc2ccc(OC)cc12. The van der Waals surface area contributed by atoms with Gasteiger partial charge in [0.25, 0.3) is 0 Å². The summed E-state index contributed by atoms with van der Waals surface area (Å²) in [6, 6.07) is 25.7. The highest BCUT2D eigenvalue weighted by Crippen LogP contribution is 2.49. The first-order chi connectivity index (χ1) is 19.5. The average Bonchev–Trinajstić information content (AvgIpc) is 3.02. The number of aliphatic hydroxyl groups is 1. The number of piperidine rings is 3. The van der Waals surface area contributed by atoms with E-state index in [-0.39, 0.29) is 6.04 Å². The Morgan fingerprint density at radius 1 is 1.00 bits per heavy atom. The van der Waals surface area contributed by atoms with Gasteiger partial charge in [0.2, 0.25) is 0 Å². The Morgan fingerprint density at radius 2 is 1.73 bits per heavy atom. The normalized spacial score (nSPS) is 24.9. The molecule has 1 N–H and O–H groups in total. The van der Waals surface area contributed by atoms with Crippen molar-refractivity contribution in [2.75, 3.05) is 20.2 Å². The van der Waals surface area contributed by atoms with Crippen LogP contribution in [0.5, 0.6) is 5.75 Å². The van der Waals surface area contributed by atoms with Gasteiger partial charge in [-0.05, 0) is 69.8 Å². The number of methoxy groups -OCH3 is 1. The number of aliphatic hydroxyl groups excluding tert-OH is 1. The van der Waals surface area contributed by atoms with Crippen LogP contribution in [0.2, 0.25) is 0 Å². The van der Waals surface area contributed by atoms with Gasteiger partial charge in [0.05, 0.1) is 25.7 Å². The van der Waals surface area contributed by atoms with E-state index >= 15 is 0 Å².